The van der Waals surface area contributed by atoms with E-state index < -0.39 is 0 Å². The highest BCUT2D eigenvalue weighted by atomic mass is 16.5. The van der Waals surface area contributed by atoms with Gasteiger partial charge in [-0.3, -0.25) is 4.90 Å². The molecule has 0 aromatic heterocycles. The van der Waals surface area contributed by atoms with E-state index in [2.05, 4.69) is 22.3 Å². The zero-order chi connectivity index (χ0) is 19.3. The molecule has 3 aliphatic rings. The summed E-state index contributed by atoms with van der Waals surface area (Å²) in [5, 5.41) is 3.25. The van der Waals surface area contributed by atoms with Gasteiger partial charge in [0, 0.05) is 18.7 Å². The second kappa shape index (κ2) is 9.14. The molecular weight excluding hydrogens is 354 g/mol. The molecule has 2 heterocycles. The van der Waals surface area contributed by atoms with Crippen LogP contribution in [0.15, 0.2) is 24.3 Å². The van der Waals surface area contributed by atoms with Gasteiger partial charge in [-0.15, -0.1) is 0 Å². The number of ether oxygens (including phenoxy) is 2. The fourth-order valence-electron chi connectivity index (χ4n) is 4.81. The lowest BCUT2D eigenvalue weighted by molar-refractivity contribution is -0.0244. The van der Waals surface area contributed by atoms with Crippen LogP contribution in [0.25, 0.3) is 0 Å². The van der Waals surface area contributed by atoms with E-state index in [0.717, 1.165) is 24.4 Å². The molecule has 0 bridgehead atoms. The molecule has 6 heteroatoms. The largest absolute Gasteiger partial charge is 0.496 e. The number of nitrogens with one attached hydrogen (secondary N) is 1. The number of morpholine rings is 1. The van der Waals surface area contributed by atoms with Gasteiger partial charge in [0.15, 0.2) is 0 Å². The van der Waals surface area contributed by atoms with Crippen molar-refractivity contribution in [1.29, 1.82) is 0 Å². The number of likely N-dealkylation sites (tertiary alicyclic amines) is 1. The first-order chi connectivity index (χ1) is 13.8. The number of carbonyl (C=O) groups is 1. The third-order valence-corrected chi connectivity index (χ3v) is 6.65. The molecule has 1 N–H and O–H groups in total. The number of urea groups is 1. The summed E-state index contributed by atoms with van der Waals surface area (Å²) in [6.45, 7) is 4.75. The Morgan fingerprint density at radius 3 is 2.71 bits per heavy atom. The van der Waals surface area contributed by atoms with Crippen LogP contribution in [0, 0.1) is 5.92 Å². The van der Waals surface area contributed by atoms with E-state index in [1.807, 2.05) is 17.0 Å². The lowest BCUT2D eigenvalue weighted by Crippen LogP contribution is -2.57. The molecule has 4 rings (SSSR count). The fourth-order valence-corrected chi connectivity index (χ4v) is 4.81. The first kappa shape index (κ1) is 19.5. The van der Waals surface area contributed by atoms with Gasteiger partial charge in [0.25, 0.3) is 0 Å². The molecule has 1 aliphatic carbocycles. The molecule has 2 amide bonds. The van der Waals surface area contributed by atoms with Crippen LogP contribution in [0.1, 0.15) is 43.7 Å². The van der Waals surface area contributed by atoms with Gasteiger partial charge in [0.05, 0.1) is 32.4 Å². The van der Waals surface area contributed by atoms with Crippen molar-refractivity contribution in [3.8, 4) is 5.75 Å². The molecule has 1 saturated carbocycles. The number of rotatable bonds is 6. The Kier molecular flexibility index (Phi) is 6.37. The second-order valence-electron chi connectivity index (χ2n) is 8.21. The van der Waals surface area contributed by atoms with E-state index in [-0.39, 0.29) is 18.1 Å². The zero-order valence-corrected chi connectivity index (χ0v) is 16.9. The zero-order valence-electron chi connectivity index (χ0n) is 16.9. The maximum absolute atomic E-state index is 13.1. The van der Waals surface area contributed by atoms with E-state index in [9.17, 15) is 4.79 Å². The van der Waals surface area contributed by atoms with Gasteiger partial charge in [-0.05, 0) is 50.8 Å². The topological polar surface area (TPSA) is 54.0 Å². The molecule has 0 radical (unpaired) electrons. The molecule has 2 aliphatic heterocycles. The summed E-state index contributed by atoms with van der Waals surface area (Å²) in [6, 6.07) is 8.62. The van der Waals surface area contributed by atoms with Crippen molar-refractivity contribution in [3.05, 3.63) is 29.8 Å². The van der Waals surface area contributed by atoms with Crippen molar-refractivity contribution in [2.24, 2.45) is 5.92 Å². The third kappa shape index (κ3) is 4.13. The molecule has 3 fully saturated rings. The van der Waals surface area contributed by atoms with E-state index in [1.54, 1.807) is 7.11 Å². The number of amides is 2. The van der Waals surface area contributed by atoms with Gasteiger partial charge in [-0.2, -0.15) is 0 Å². The Morgan fingerprint density at radius 1 is 1.21 bits per heavy atom. The smallest absolute Gasteiger partial charge is 0.317 e. The standard InChI is InChI=1S/C22H33N3O3/c1-27-21-10-3-2-9-18(21)19(24-11-4-5-12-24)15-23-22(26)25-13-14-28-16-20(25)17-7-6-8-17/h2-3,9-10,17,19-20H,4-8,11-16H2,1H3,(H,23,26). The fraction of sp³-hybridized carbons (Fsp3) is 0.682. The van der Waals surface area contributed by atoms with Gasteiger partial charge >= 0.3 is 6.03 Å². The van der Waals surface area contributed by atoms with E-state index in [0.29, 0.717) is 32.2 Å². The summed E-state index contributed by atoms with van der Waals surface area (Å²) in [4.78, 5) is 17.6. The van der Waals surface area contributed by atoms with Gasteiger partial charge in [0.2, 0.25) is 0 Å². The second-order valence-corrected chi connectivity index (χ2v) is 8.21. The minimum absolute atomic E-state index is 0.0549. The van der Waals surface area contributed by atoms with E-state index >= 15 is 0 Å². The van der Waals surface area contributed by atoms with Crippen molar-refractivity contribution in [3.63, 3.8) is 0 Å². The van der Waals surface area contributed by atoms with Gasteiger partial charge < -0.3 is 19.7 Å². The number of nitrogens with zero attached hydrogens (tertiary/aromatic N) is 2. The summed E-state index contributed by atoms with van der Waals surface area (Å²) in [6.07, 6.45) is 6.14. The van der Waals surface area contributed by atoms with Crippen LogP contribution in [-0.4, -0.2) is 68.4 Å². The number of methoxy groups -OCH3 is 1. The van der Waals surface area contributed by atoms with Crippen LogP contribution >= 0.6 is 0 Å². The Labute approximate surface area is 168 Å². The van der Waals surface area contributed by atoms with Gasteiger partial charge in [-0.25, -0.2) is 4.79 Å². The molecule has 2 saturated heterocycles. The summed E-state index contributed by atoms with van der Waals surface area (Å²) in [7, 11) is 1.72. The highest BCUT2D eigenvalue weighted by Crippen LogP contribution is 2.34. The van der Waals surface area contributed by atoms with Crippen LogP contribution in [0.2, 0.25) is 0 Å². The minimum atomic E-state index is 0.0549. The van der Waals surface area contributed by atoms with Crippen LogP contribution in [-0.2, 0) is 4.74 Å². The minimum Gasteiger partial charge on any atom is -0.496 e. The predicted molar refractivity (Wildman–Crippen MR) is 109 cm³/mol. The monoisotopic (exact) mass is 387 g/mol. The number of para-hydroxylation sites is 1. The molecule has 1 aromatic carbocycles. The molecule has 0 spiro atoms. The van der Waals surface area contributed by atoms with Crippen molar-refractivity contribution in [1.82, 2.24) is 15.1 Å². The molecule has 1 aromatic rings. The average molecular weight is 388 g/mol. The average Bonchev–Trinajstić information content (AvgIpc) is 3.22. The van der Waals surface area contributed by atoms with Crippen LogP contribution < -0.4 is 10.1 Å². The summed E-state index contributed by atoms with van der Waals surface area (Å²) < 4.78 is 11.3. The molecular formula is C22H33N3O3. The quantitative estimate of drug-likeness (QED) is 0.815. The Balaban J connectivity index is 1.45. The maximum atomic E-state index is 13.1. The third-order valence-electron chi connectivity index (χ3n) is 6.65. The van der Waals surface area contributed by atoms with Crippen molar-refractivity contribution in [2.45, 2.75) is 44.2 Å². The summed E-state index contributed by atoms with van der Waals surface area (Å²) >= 11 is 0. The van der Waals surface area contributed by atoms with E-state index in [1.165, 1.54) is 32.1 Å². The Hall–Kier alpha value is -1.79. The van der Waals surface area contributed by atoms with Gasteiger partial charge in [-0.1, -0.05) is 24.6 Å². The first-order valence-electron chi connectivity index (χ1n) is 10.8. The van der Waals surface area contributed by atoms with Crippen LogP contribution in [0.4, 0.5) is 4.79 Å². The van der Waals surface area contributed by atoms with Crippen molar-refractivity contribution >= 4 is 6.03 Å². The summed E-state index contributed by atoms with van der Waals surface area (Å²) in [5.41, 5.74) is 1.16. The molecule has 2 unspecified atom stereocenters. The SMILES string of the molecule is COc1ccccc1C(CNC(=O)N1CCOCC1C1CCC1)N1CCCC1. The van der Waals surface area contributed by atoms with E-state index in [4.69, 9.17) is 9.47 Å². The number of benzene rings is 1. The highest BCUT2D eigenvalue weighted by Gasteiger charge is 2.37. The van der Waals surface area contributed by atoms with Crippen LogP contribution in [0.3, 0.4) is 0 Å². The highest BCUT2D eigenvalue weighted by molar-refractivity contribution is 5.74. The maximum Gasteiger partial charge on any atom is 0.317 e. The molecule has 154 valence electrons. The lowest BCUT2D eigenvalue weighted by Gasteiger charge is -2.43. The lowest BCUT2D eigenvalue weighted by atomic mass is 9.79. The van der Waals surface area contributed by atoms with Crippen molar-refractivity contribution in [2.75, 3.05) is 46.5 Å². The van der Waals surface area contributed by atoms with Crippen LogP contribution in [0.5, 0.6) is 5.75 Å². The van der Waals surface area contributed by atoms with Gasteiger partial charge in [0.1, 0.15) is 5.75 Å². The van der Waals surface area contributed by atoms with Crippen molar-refractivity contribution < 1.29 is 14.3 Å². The number of carbonyl (C=O) groups excluding carboxylic acids is 1. The Morgan fingerprint density at radius 2 is 2.00 bits per heavy atom. The molecule has 2 atom stereocenters. The number of hydrogen-bond acceptors (Lipinski definition) is 4. The first-order valence-corrected chi connectivity index (χ1v) is 10.8. The predicted octanol–water partition coefficient (Wildman–Crippen LogP) is 3.04. The normalized spacial score (nSPS) is 24.6. The molecule has 6 nitrogen and oxygen atoms in total. The number of hydrogen-bond donors (Lipinski definition) is 1. The molecule has 28 heavy (non-hydrogen) atoms. The summed E-state index contributed by atoms with van der Waals surface area (Å²) in [5.74, 6) is 1.50. The Bertz CT molecular complexity index is 658.